The van der Waals surface area contributed by atoms with Crippen molar-refractivity contribution in [1.82, 2.24) is 4.98 Å². The number of pyridine rings is 1. The highest BCUT2D eigenvalue weighted by Crippen LogP contribution is 2.39. The first kappa shape index (κ1) is 16.6. The van der Waals surface area contributed by atoms with E-state index in [9.17, 15) is 18.0 Å². The first-order valence-electron chi connectivity index (χ1n) is 6.58. The lowest BCUT2D eigenvalue weighted by atomic mass is 10.1. The number of carbonyl (C=O) groups is 1. The van der Waals surface area contributed by atoms with E-state index >= 15 is 0 Å². The minimum atomic E-state index is -4.42. The fraction of sp³-hybridized carbons (Fsp3) is 0.200. The van der Waals surface area contributed by atoms with Gasteiger partial charge >= 0.3 is 6.18 Å². The average Bonchev–Trinajstić information content (AvgIpc) is 2.53. The Kier molecular flexibility index (Phi) is 4.54. The maximum atomic E-state index is 12.8. The topological polar surface area (TPSA) is 42.0 Å². The lowest BCUT2D eigenvalue weighted by Gasteiger charge is -2.23. The van der Waals surface area contributed by atoms with Crippen LogP contribution in [-0.4, -0.2) is 20.6 Å². The number of aromatic nitrogens is 1. The van der Waals surface area contributed by atoms with Crippen LogP contribution in [0.2, 0.25) is 0 Å². The van der Waals surface area contributed by atoms with Crippen molar-refractivity contribution in [3.63, 3.8) is 0 Å². The van der Waals surface area contributed by atoms with Crippen LogP contribution in [0.25, 0.3) is 11.1 Å². The Morgan fingerprint density at radius 2 is 2.00 bits per heavy atom. The molecule has 1 aromatic heterocycles. The van der Waals surface area contributed by atoms with Crippen LogP contribution in [0.4, 0.5) is 18.9 Å². The zero-order valence-electron chi connectivity index (χ0n) is 11.5. The lowest BCUT2D eigenvalue weighted by molar-refractivity contribution is -0.137. The minimum Gasteiger partial charge on any atom is -0.324 e. The zero-order valence-corrected chi connectivity index (χ0v) is 14.5. The SMILES string of the molecule is O=C1Nc2ccc(-c3cncc(C(F)(F)F)c3)cc2SC1CI. The molecule has 1 atom stereocenters. The molecular formula is C15H10F3IN2OS. The van der Waals surface area contributed by atoms with Crippen molar-refractivity contribution in [1.29, 1.82) is 0 Å². The van der Waals surface area contributed by atoms with E-state index in [1.54, 1.807) is 18.2 Å². The fourth-order valence-corrected chi connectivity index (χ4v) is 4.09. The summed E-state index contributed by atoms with van der Waals surface area (Å²) >= 11 is 3.56. The number of thioether (sulfide) groups is 1. The summed E-state index contributed by atoms with van der Waals surface area (Å²) in [6.45, 7) is 0. The monoisotopic (exact) mass is 450 g/mol. The normalized spacial score (nSPS) is 17.6. The Labute approximate surface area is 148 Å². The van der Waals surface area contributed by atoms with E-state index in [4.69, 9.17) is 0 Å². The molecule has 8 heteroatoms. The van der Waals surface area contributed by atoms with Crippen LogP contribution in [-0.2, 0) is 11.0 Å². The lowest BCUT2D eigenvalue weighted by Crippen LogP contribution is -2.29. The molecule has 1 unspecified atom stereocenters. The highest BCUT2D eigenvalue weighted by molar-refractivity contribution is 14.1. The molecule has 3 rings (SSSR count). The molecule has 0 saturated heterocycles. The molecule has 1 amide bonds. The summed E-state index contributed by atoms with van der Waals surface area (Å²) in [6.07, 6.45) is -2.21. The first-order chi connectivity index (χ1) is 10.9. The summed E-state index contributed by atoms with van der Waals surface area (Å²) in [5, 5.41) is 2.62. The number of amides is 1. The Bertz CT molecular complexity index is 767. The minimum absolute atomic E-state index is 0.0506. The van der Waals surface area contributed by atoms with E-state index in [1.165, 1.54) is 18.0 Å². The Morgan fingerprint density at radius 1 is 1.22 bits per heavy atom. The number of fused-ring (bicyclic) bond motifs is 1. The molecule has 0 radical (unpaired) electrons. The standard InChI is InChI=1S/C15H10F3IN2OS/c16-15(17,18)10-3-9(6-20-7-10)8-1-2-11-12(4-8)23-13(5-19)14(22)21-11/h1-4,6-7,13H,5H2,(H,21,22). The summed E-state index contributed by atoms with van der Waals surface area (Å²) in [5.41, 5.74) is 0.938. The Morgan fingerprint density at radius 3 is 2.70 bits per heavy atom. The van der Waals surface area contributed by atoms with Gasteiger partial charge in [0.25, 0.3) is 0 Å². The molecule has 1 aromatic carbocycles. The summed E-state index contributed by atoms with van der Waals surface area (Å²) in [7, 11) is 0. The molecule has 1 aliphatic heterocycles. The third-order valence-corrected chi connectivity index (χ3v) is 6.08. The van der Waals surface area contributed by atoms with Crippen molar-refractivity contribution in [2.24, 2.45) is 0 Å². The van der Waals surface area contributed by atoms with Gasteiger partial charge in [-0.2, -0.15) is 13.2 Å². The average molecular weight is 450 g/mol. The summed E-state index contributed by atoms with van der Waals surface area (Å²) in [5.74, 6) is -0.0506. The molecule has 2 heterocycles. The number of carbonyl (C=O) groups excluding carboxylic acids is 1. The molecule has 0 saturated carbocycles. The molecule has 120 valence electrons. The van der Waals surface area contributed by atoms with E-state index in [0.717, 1.165) is 17.2 Å². The van der Waals surface area contributed by atoms with Crippen LogP contribution < -0.4 is 5.32 Å². The maximum Gasteiger partial charge on any atom is 0.417 e. The molecule has 3 nitrogen and oxygen atoms in total. The number of hydrogen-bond donors (Lipinski definition) is 1. The van der Waals surface area contributed by atoms with Crippen LogP contribution in [0.5, 0.6) is 0 Å². The van der Waals surface area contributed by atoms with Gasteiger partial charge in [0.1, 0.15) is 0 Å². The van der Waals surface area contributed by atoms with Crippen LogP contribution in [0.1, 0.15) is 5.56 Å². The van der Waals surface area contributed by atoms with Gasteiger partial charge in [0.15, 0.2) is 0 Å². The fourth-order valence-electron chi connectivity index (χ4n) is 2.18. The second-order valence-electron chi connectivity index (χ2n) is 4.92. The zero-order chi connectivity index (χ0) is 16.6. The molecule has 1 aliphatic rings. The summed E-state index contributed by atoms with van der Waals surface area (Å²) < 4.78 is 39.1. The molecule has 0 aliphatic carbocycles. The molecule has 0 spiro atoms. The van der Waals surface area contributed by atoms with Crippen molar-refractivity contribution in [3.05, 3.63) is 42.2 Å². The molecule has 0 fully saturated rings. The van der Waals surface area contributed by atoms with Crippen molar-refractivity contribution in [2.75, 3.05) is 9.74 Å². The summed E-state index contributed by atoms with van der Waals surface area (Å²) in [6, 6.07) is 6.26. The third-order valence-electron chi connectivity index (χ3n) is 3.34. The molecule has 0 bridgehead atoms. The predicted molar refractivity (Wildman–Crippen MR) is 91.8 cm³/mol. The van der Waals surface area contributed by atoms with Gasteiger partial charge in [-0.3, -0.25) is 9.78 Å². The largest absolute Gasteiger partial charge is 0.417 e. The molecular weight excluding hydrogens is 440 g/mol. The van der Waals surface area contributed by atoms with E-state index < -0.39 is 11.7 Å². The Hall–Kier alpha value is -1.29. The van der Waals surface area contributed by atoms with Crippen molar-refractivity contribution in [3.8, 4) is 11.1 Å². The second-order valence-corrected chi connectivity index (χ2v) is 7.05. The van der Waals surface area contributed by atoms with E-state index in [0.29, 0.717) is 21.2 Å². The van der Waals surface area contributed by atoms with E-state index in [1.807, 2.05) is 0 Å². The van der Waals surface area contributed by atoms with Gasteiger partial charge in [-0.1, -0.05) is 28.7 Å². The molecule has 1 N–H and O–H groups in total. The number of hydrogen-bond acceptors (Lipinski definition) is 3. The number of benzene rings is 1. The van der Waals surface area contributed by atoms with Crippen LogP contribution >= 0.6 is 34.4 Å². The number of anilines is 1. The highest BCUT2D eigenvalue weighted by Gasteiger charge is 2.31. The van der Waals surface area contributed by atoms with Gasteiger partial charge in [0, 0.05) is 27.3 Å². The number of rotatable bonds is 2. The van der Waals surface area contributed by atoms with Gasteiger partial charge in [0.2, 0.25) is 5.91 Å². The second kappa shape index (κ2) is 6.31. The van der Waals surface area contributed by atoms with E-state index in [2.05, 4.69) is 32.9 Å². The number of nitrogens with zero attached hydrogens (tertiary/aromatic N) is 1. The van der Waals surface area contributed by atoms with Crippen LogP contribution in [0.3, 0.4) is 0 Å². The van der Waals surface area contributed by atoms with Crippen molar-refractivity contribution in [2.45, 2.75) is 16.3 Å². The third kappa shape index (κ3) is 3.47. The van der Waals surface area contributed by atoms with Gasteiger partial charge < -0.3 is 5.32 Å². The highest BCUT2D eigenvalue weighted by atomic mass is 127. The summed E-state index contributed by atoms with van der Waals surface area (Å²) in [4.78, 5) is 16.4. The van der Waals surface area contributed by atoms with Gasteiger partial charge in [-0.05, 0) is 23.8 Å². The number of halogens is 4. The van der Waals surface area contributed by atoms with Crippen LogP contribution in [0.15, 0.2) is 41.6 Å². The van der Waals surface area contributed by atoms with Crippen LogP contribution in [0, 0.1) is 0 Å². The predicted octanol–water partition coefficient (Wildman–Crippen LogP) is 4.62. The maximum absolute atomic E-state index is 12.8. The number of nitrogens with one attached hydrogen (secondary N) is 1. The quantitative estimate of drug-likeness (QED) is 0.537. The first-order valence-corrected chi connectivity index (χ1v) is 8.99. The van der Waals surface area contributed by atoms with Gasteiger partial charge in [-0.15, -0.1) is 11.8 Å². The van der Waals surface area contributed by atoms with Gasteiger partial charge in [0.05, 0.1) is 16.5 Å². The van der Waals surface area contributed by atoms with Gasteiger partial charge in [-0.25, -0.2) is 0 Å². The Balaban J connectivity index is 1.98. The molecule has 2 aromatic rings. The van der Waals surface area contributed by atoms with E-state index in [-0.39, 0.29) is 11.2 Å². The molecule has 23 heavy (non-hydrogen) atoms. The van der Waals surface area contributed by atoms with Crippen molar-refractivity contribution >= 4 is 45.9 Å². The smallest absolute Gasteiger partial charge is 0.324 e. The van der Waals surface area contributed by atoms with Crippen molar-refractivity contribution < 1.29 is 18.0 Å². The number of alkyl halides is 4.